The number of amides is 1. The van der Waals surface area contributed by atoms with E-state index in [1.165, 1.54) is 5.56 Å². The first kappa shape index (κ1) is 9.77. The molecule has 0 saturated heterocycles. The van der Waals surface area contributed by atoms with E-state index in [0.717, 1.165) is 23.0 Å². The van der Waals surface area contributed by atoms with Crippen molar-refractivity contribution in [2.24, 2.45) is 5.73 Å². The molecule has 0 bridgehead atoms. The van der Waals surface area contributed by atoms with Crippen molar-refractivity contribution >= 4 is 16.9 Å². The zero-order valence-corrected chi connectivity index (χ0v) is 8.62. The number of benzene rings is 1. The molecule has 78 valence electrons. The quantitative estimate of drug-likeness (QED) is 0.829. The van der Waals surface area contributed by atoms with Crippen LogP contribution < -0.4 is 5.73 Å². The molecule has 3 nitrogen and oxygen atoms in total. The van der Waals surface area contributed by atoms with Crippen molar-refractivity contribution in [2.45, 2.75) is 19.8 Å². The van der Waals surface area contributed by atoms with E-state index in [2.05, 4.69) is 6.92 Å². The summed E-state index contributed by atoms with van der Waals surface area (Å²) in [5.74, 6) is -0.336. The van der Waals surface area contributed by atoms with Gasteiger partial charge in [0, 0.05) is 10.9 Å². The maximum Gasteiger partial charge on any atom is 0.221 e. The van der Waals surface area contributed by atoms with Gasteiger partial charge in [-0.05, 0) is 18.1 Å². The number of carbonyl (C=O) groups excluding carboxylic acids is 1. The van der Waals surface area contributed by atoms with E-state index in [4.69, 9.17) is 10.2 Å². The Morgan fingerprint density at radius 1 is 1.47 bits per heavy atom. The first-order valence-corrected chi connectivity index (χ1v) is 4.98. The molecule has 0 aliphatic carbocycles. The Morgan fingerprint density at radius 2 is 2.27 bits per heavy atom. The zero-order chi connectivity index (χ0) is 10.8. The highest BCUT2D eigenvalue weighted by Gasteiger charge is 2.08. The van der Waals surface area contributed by atoms with Gasteiger partial charge in [0.15, 0.2) is 0 Å². The largest absolute Gasteiger partial charge is 0.464 e. The highest BCUT2D eigenvalue weighted by Crippen LogP contribution is 2.22. The van der Waals surface area contributed by atoms with Crippen LogP contribution in [0.25, 0.3) is 11.0 Å². The summed E-state index contributed by atoms with van der Waals surface area (Å²) in [5, 5.41) is 0.978. The summed E-state index contributed by atoms with van der Waals surface area (Å²) in [6.45, 7) is 2.09. The summed E-state index contributed by atoms with van der Waals surface area (Å²) < 4.78 is 5.38. The van der Waals surface area contributed by atoms with Crippen molar-refractivity contribution < 1.29 is 9.21 Å². The molecule has 1 aromatic carbocycles. The molecule has 0 unspecified atom stereocenters. The van der Waals surface area contributed by atoms with E-state index in [9.17, 15) is 4.79 Å². The summed E-state index contributed by atoms with van der Waals surface area (Å²) in [4.78, 5) is 10.8. The Balaban J connectivity index is 2.47. The molecule has 2 rings (SSSR count). The van der Waals surface area contributed by atoms with Gasteiger partial charge in [-0.3, -0.25) is 4.79 Å². The number of aryl methyl sites for hydroxylation is 1. The number of hydrogen-bond acceptors (Lipinski definition) is 2. The molecule has 1 amide bonds. The van der Waals surface area contributed by atoms with Gasteiger partial charge in [0.25, 0.3) is 0 Å². The Bertz CT molecular complexity index is 499. The molecule has 1 aromatic heterocycles. The average molecular weight is 203 g/mol. The maximum atomic E-state index is 10.8. The van der Waals surface area contributed by atoms with Crippen LogP contribution in [0.1, 0.15) is 18.1 Å². The van der Waals surface area contributed by atoms with Gasteiger partial charge in [-0.15, -0.1) is 0 Å². The van der Waals surface area contributed by atoms with Crippen LogP contribution in [0.15, 0.2) is 28.9 Å². The predicted octanol–water partition coefficient (Wildman–Crippen LogP) is 2.02. The first-order chi connectivity index (χ1) is 7.20. The minimum Gasteiger partial charge on any atom is -0.464 e. The second-order valence-electron chi connectivity index (χ2n) is 3.59. The van der Waals surface area contributed by atoms with Crippen molar-refractivity contribution in [3.63, 3.8) is 0 Å². The summed E-state index contributed by atoms with van der Waals surface area (Å²) >= 11 is 0. The van der Waals surface area contributed by atoms with Gasteiger partial charge in [-0.1, -0.05) is 19.1 Å². The molecule has 1 heterocycles. The lowest BCUT2D eigenvalue weighted by Gasteiger charge is -1.96. The SMILES string of the molecule is CCc1ccc2c(CC(N)=O)coc2c1. The van der Waals surface area contributed by atoms with Gasteiger partial charge in [0.1, 0.15) is 5.58 Å². The van der Waals surface area contributed by atoms with Gasteiger partial charge in [0.2, 0.25) is 5.91 Å². The number of rotatable bonds is 3. The monoisotopic (exact) mass is 203 g/mol. The predicted molar refractivity (Wildman–Crippen MR) is 58.5 cm³/mol. The molecule has 0 atom stereocenters. The standard InChI is InChI=1S/C12H13NO2/c1-2-8-3-4-10-9(6-12(13)14)7-15-11(10)5-8/h3-5,7H,2,6H2,1H3,(H2,13,14). The van der Waals surface area contributed by atoms with Crippen molar-refractivity contribution in [3.8, 4) is 0 Å². The van der Waals surface area contributed by atoms with Crippen molar-refractivity contribution in [3.05, 3.63) is 35.6 Å². The Morgan fingerprint density at radius 3 is 2.93 bits per heavy atom. The molecule has 0 radical (unpaired) electrons. The summed E-state index contributed by atoms with van der Waals surface area (Å²) in [7, 11) is 0. The van der Waals surface area contributed by atoms with Crippen LogP contribution in [0.3, 0.4) is 0 Å². The van der Waals surface area contributed by atoms with Gasteiger partial charge < -0.3 is 10.2 Å². The second kappa shape index (κ2) is 3.77. The highest BCUT2D eigenvalue weighted by atomic mass is 16.3. The van der Waals surface area contributed by atoms with E-state index in [1.54, 1.807) is 6.26 Å². The number of carbonyl (C=O) groups is 1. The molecular weight excluding hydrogens is 190 g/mol. The number of fused-ring (bicyclic) bond motifs is 1. The third kappa shape index (κ3) is 1.86. The van der Waals surface area contributed by atoms with Crippen LogP contribution in [0.2, 0.25) is 0 Å². The molecule has 2 aromatic rings. The first-order valence-electron chi connectivity index (χ1n) is 4.98. The van der Waals surface area contributed by atoms with E-state index < -0.39 is 0 Å². The van der Waals surface area contributed by atoms with Gasteiger partial charge >= 0.3 is 0 Å². The molecular formula is C12H13NO2. The molecule has 15 heavy (non-hydrogen) atoms. The lowest BCUT2D eigenvalue weighted by molar-refractivity contribution is -0.117. The minimum atomic E-state index is -0.336. The third-order valence-corrected chi connectivity index (χ3v) is 2.49. The van der Waals surface area contributed by atoms with E-state index >= 15 is 0 Å². The number of furan rings is 1. The fourth-order valence-electron chi connectivity index (χ4n) is 1.67. The van der Waals surface area contributed by atoms with Crippen LogP contribution in [0, 0.1) is 0 Å². The van der Waals surface area contributed by atoms with Crippen LogP contribution in [-0.4, -0.2) is 5.91 Å². The Kier molecular flexibility index (Phi) is 2.46. The van der Waals surface area contributed by atoms with Gasteiger partial charge in [-0.2, -0.15) is 0 Å². The van der Waals surface area contributed by atoms with Gasteiger partial charge in [-0.25, -0.2) is 0 Å². The maximum absolute atomic E-state index is 10.8. The minimum absolute atomic E-state index is 0.235. The average Bonchev–Trinajstić information content (AvgIpc) is 2.60. The molecule has 0 aliphatic rings. The van der Waals surface area contributed by atoms with Crippen LogP contribution in [0.5, 0.6) is 0 Å². The lowest BCUT2D eigenvalue weighted by Crippen LogP contribution is -2.13. The number of primary amides is 1. The summed E-state index contributed by atoms with van der Waals surface area (Å²) in [5.41, 5.74) is 8.06. The lowest BCUT2D eigenvalue weighted by atomic mass is 10.1. The number of hydrogen-bond donors (Lipinski definition) is 1. The summed E-state index contributed by atoms with van der Waals surface area (Å²) in [6, 6.07) is 6.03. The van der Waals surface area contributed by atoms with E-state index in [1.807, 2.05) is 18.2 Å². The van der Waals surface area contributed by atoms with Crippen molar-refractivity contribution in [1.82, 2.24) is 0 Å². The normalized spacial score (nSPS) is 10.7. The zero-order valence-electron chi connectivity index (χ0n) is 8.62. The summed E-state index contributed by atoms with van der Waals surface area (Å²) in [6.07, 6.45) is 2.81. The third-order valence-electron chi connectivity index (χ3n) is 2.49. The second-order valence-corrected chi connectivity index (χ2v) is 3.59. The molecule has 0 saturated carbocycles. The fraction of sp³-hybridized carbons (Fsp3) is 0.250. The Labute approximate surface area is 87.9 Å². The number of nitrogens with two attached hydrogens (primary N) is 1. The van der Waals surface area contributed by atoms with Crippen LogP contribution in [0.4, 0.5) is 0 Å². The molecule has 3 heteroatoms. The Hall–Kier alpha value is -1.77. The molecule has 2 N–H and O–H groups in total. The van der Waals surface area contributed by atoms with Crippen LogP contribution in [-0.2, 0) is 17.6 Å². The van der Waals surface area contributed by atoms with E-state index in [0.29, 0.717) is 0 Å². The topological polar surface area (TPSA) is 56.2 Å². The van der Waals surface area contributed by atoms with Crippen molar-refractivity contribution in [1.29, 1.82) is 0 Å². The van der Waals surface area contributed by atoms with E-state index in [-0.39, 0.29) is 12.3 Å². The fourth-order valence-corrected chi connectivity index (χ4v) is 1.67. The van der Waals surface area contributed by atoms with Gasteiger partial charge in [0.05, 0.1) is 12.7 Å². The van der Waals surface area contributed by atoms with Crippen molar-refractivity contribution in [2.75, 3.05) is 0 Å². The van der Waals surface area contributed by atoms with Crippen LogP contribution >= 0.6 is 0 Å². The smallest absolute Gasteiger partial charge is 0.221 e. The molecule has 0 fully saturated rings. The molecule has 0 aliphatic heterocycles. The highest BCUT2D eigenvalue weighted by molar-refractivity contribution is 5.87. The molecule has 0 spiro atoms.